The van der Waals surface area contributed by atoms with Gasteiger partial charge in [0, 0.05) is 23.3 Å². The molecule has 1 aliphatic heterocycles. The normalized spacial score (nSPS) is 14.4. The first kappa shape index (κ1) is 29.6. The zero-order valence-corrected chi connectivity index (χ0v) is 23.2. The topological polar surface area (TPSA) is 88.4 Å². The van der Waals surface area contributed by atoms with Crippen molar-refractivity contribution in [2.24, 2.45) is 5.10 Å². The molecule has 7 nitrogen and oxygen atoms in total. The molecule has 12 heteroatoms. The van der Waals surface area contributed by atoms with Crippen LogP contribution in [0.4, 0.5) is 17.6 Å². The van der Waals surface area contributed by atoms with E-state index in [1.165, 1.54) is 31.4 Å². The second kappa shape index (κ2) is 12.6. The molecule has 1 atom stereocenters. The number of ether oxygens (including phenoxy) is 2. The zero-order chi connectivity index (χ0) is 30.7. The van der Waals surface area contributed by atoms with Crippen LogP contribution < -0.4 is 9.47 Å². The van der Waals surface area contributed by atoms with E-state index in [0.29, 0.717) is 28.8 Å². The maximum absolute atomic E-state index is 14.7. The third kappa shape index (κ3) is 6.49. The molecule has 0 aromatic heterocycles. The van der Waals surface area contributed by atoms with Gasteiger partial charge in [0.2, 0.25) is 0 Å². The standard InChI is InChI=1S/C31H22F4N2O5S/c1-41-28-22(3-2-4-25(28)42-16-18-7-5-17(6-8-18)13-26(38)39)31-37(30(40)27-23(34)14-21(33)15-24(27)35)36-29(43-31)19-9-11-20(32)12-10-19/h2-12,14-15,31H,13,16H2,1H3,(H,38,39). The lowest BCUT2D eigenvalue weighted by Crippen LogP contribution is -2.28. The molecule has 1 amide bonds. The van der Waals surface area contributed by atoms with Crippen LogP contribution in [0, 0.1) is 23.3 Å². The number of benzene rings is 4. The van der Waals surface area contributed by atoms with Crippen molar-refractivity contribution in [3.8, 4) is 11.5 Å². The van der Waals surface area contributed by atoms with Gasteiger partial charge in [0.15, 0.2) is 11.5 Å². The van der Waals surface area contributed by atoms with Gasteiger partial charge in [-0.15, -0.1) is 0 Å². The molecule has 0 bridgehead atoms. The first-order valence-corrected chi connectivity index (χ1v) is 13.6. The number of aliphatic carboxylic acids is 1. The number of hydrogen-bond donors (Lipinski definition) is 1. The minimum atomic E-state index is -1.39. The lowest BCUT2D eigenvalue weighted by molar-refractivity contribution is -0.136. The summed E-state index contributed by atoms with van der Waals surface area (Å²) in [6, 6.07) is 17.9. The Morgan fingerprint density at radius 1 is 0.907 bits per heavy atom. The highest BCUT2D eigenvalue weighted by Gasteiger charge is 2.39. The van der Waals surface area contributed by atoms with Crippen molar-refractivity contribution in [1.82, 2.24) is 5.01 Å². The Labute approximate surface area is 247 Å². The van der Waals surface area contributed by atoms with E-state index in [1.54, 1.807) is 42.5 Å². The van der Waals surface area contributed by atoms with Crippen LogP contribution in [0.3, 0.4) is 0 Å². The van der Waals surface area contributed by atoms with Crippen LogP contribution in [0.5, 0.6) is 11.5 Å². The lowest BCUT2D eigenvalue weighted by Gasteiger charge is -2.24. The van der Waals surface area contributed by atoms with Gasteiger partial charge in [-0.1, -0.05) is 48.2 Å². The fourth-order valence-electron chi connectivity index (χ4n) is 4.40. The summed E-state index contributed by atoms with van der Waals surface area (Å²) in [6.45, 7) is 0.0942. The Bertz CT molecular complexity index is 1690. The number of carboxylic acid groups (broad SMARTS) is 1. The van der Waals surface area contributed by atoms with Gasteiger partial charge in [-0.2, -0.15) is 5.10 Å². The molecule has 220 valence electrons. The average molecular weight is 611 g/mol. The smallest absolute Gasteiger partial charge is 0.307 e. The molecule has 1 heterocycles. The highest BCUT2D eigenvalue weighted by atomic mass is 32.2. The number of thioether (sulfide) groups is 1. The molecule has 0 saturated heterocycles. The maximum Gasteiger partial charge on any atom is 0.307 e. The molecule has 0 spiro atoms. The van der Waals surface area contributed by atoms with Crippen LogP contribution >= 0.6 is 11.8 Å². The Hall–Kier alpha value is -4.84. The number of rotatable bonds is 9. The average Bonchev–Trinajstić information content (AvgIpc) is 3.41. The zero-order valence-electron chi connectivity index (χ0n) is 22.4. The third-order valence-corrected chi connectivity index (χ3v) is 7.63. The molecular formula is C31H22F4N2O5S. The van der Waals surface area contributed by atoms with E-state index < -0.39 is 46.1 Å². The molecule has 43 heavy (non-hydrogen) atoms. The predicted molar refractivity (Wildman–Crippen MR) is 151 cm³/mol. The number of methoxy groups -OCH3 is 1. The van der Waals surface area contributed by atoms with Gasteiger partial charge in [0.25, 0.3) is 5.91 Å². The first-order valence-electron chi connectivity index (χ1n) is 12.7. The third-order valence-electron chi connectivity index (χ3n) is 6.42. The van der Waals surface area contributed by atoms with Gasteiger partial charge < -0.3 is 14.6 Å². The number of nitrogens with zero attached hydrogens (tertiary/aromatic N) is 2. The van der Waals surface area contributed by atoms with Crippen molar-refractivity contribution in [3.05, 3.63) is 130 Å². The Balaban J connectivity index is 1.49. The molecule has 1 aliphatic rings. The SMILES string of the molecule is COc1c(OCc2ccc(CC(=O)O)cc2)cccc1C1SC(c2ccc(F)cc2)=NN1C(=O)c1c(F)cc(F)cc1F. The fraction of sp³-hybridized carbons (Fsp3) is 0.129. The molecule has 0 aliphatic carbocycles. The largest absolute Gasteiger partial charge is 0.492 e. The van der Waals surface area contributed by atoms with E-state index in [1.807, 2.05) is 0 Å². The van der Waals surface area contributed by atoms with Gasteiger partial charge in [-0.25, -0.2) is 22.6 Å². The molecule has 5 rings (SSSR count). The minimum absolute atomic E-state index is 0.0942. The highest BCUT2D eigenvalue weighted by Crippen LogP contribution is 2.48. The van der Waals surface area contributed by atoms with Crippen molar-refractivity contribution in [2.75, 3.05) is 7.11 Å². The molecule has 1 unspecified atom stereocenters. The predicted octanol–water partition coefficient (Wildman–Crippen LogP) is 6.71. The highest BCUT2D eigenvalue weighted by molar-refractivity contribution is 8.14. The van der Waals surface area contributed by atoms with Gasteiger partial charge in [-0.05, 0) is 41.5 Å². The van der Waals surface area contributed by atoms with E-state index >= 15 is 0 Å². The quantitative estimate of drug-likeness (QED) is 0.212. The second-order valence-electron chi connectivity index (χ2n) is 9.33. The van der Waals surface area contributed by atoms with Crippen molar-refractivity contribution in [1.29, 1.82) is 0 Å². The van der Waals surface area contributed by atoms with Crippen LogP contribution in [-0.4, -0.2) is 34.1 Å². The monoisotopic (exact) mass is 610 g/mol. The van der Waals surface area contributed by atoms with Gasteiger partial charge in [-0.3, -0.25) is 9.59 Å². The maximum atomic E-state index is 14.7. The van der Waals surface area contributed by atoms with E-state index in [4.69, 9.17) is 14.6 Å². The second-order valence-corrected chi connectivity index (χ2v) is 10.4. The Morgan fingerprint density at radius 3 is 2.19 bits per heavy atom. The number of halogens is 4. The summed E-state index contributed by atoms with van der Waals surface area (Å²) in [5, 5.41) is 13.4. The van der Waals surface area contributed by atoms with Gasteiger partial charge in [0.1, 0.15) is 45.9 Å². The Morgan fingerprint density at radius 2 is 1.56 bits per heavy atom. The molecule has 1 N–H and O–H groups in total. The van der Waals surface area contributed by atoms with E-state index in [2.05, 4.69) is 5.10 Å². The summed E-state index contributed by atoms with van der Waals surface area (Å²) < 4.78 is 68.2. The van der Waals surface area contributed by atoms with Crippen molar-refractivity contribution >= 4 is 28.7 Å². The minimum Gasteiger partial charge on any atom is -0.492 e. The number of carboxylic acids is 1. The van der Waals surface area contributed by atoms with Crippen molar-refractivity contribution < 1.29 is 41.7 Å². The summed E-state index contributed by atoms with van der Waals surface area (Å²) in [4.78, 5) is 24.5. The van der Waals surface area contributed by atoms with Crippen LogP contribution in [0.15, 0.2) is 84.0 Å². The molecule has 4 aromatic rings. The van der Waals surface area contributed by atoms with Crippen LogP contribution in [0.25, 0.3) is 0 Å². The molecular weight excluding hydrogens is 588 g/mol. The van der Waals surface area contributed by atoms with Crippen molar-refractivity contribution in [2.45, 2.75) is 18.4 Å². The number of amides is 1. The summed E-state index contributed by atoms with van der Waals surface area (Å²) >= 11 is 1.06. The first-order chi connectivity index (χ1) is 20.6. The number of carbonyl (C=O) groups excluding carboxylic acids is 1. The number of para-hydroxylation sites is 1. The van der Waals surface area contributed by atoms with Gasteiger partial charge in [0.05, 0.1) is 13.5 Å². The summed E-state index contributed by atoms with van der Waals surface area (Å²) in [5.41, 5.74) is 1.21. The summed E-state index contributed by atoms with van der Waals surface area (Å²) in [7, 11) is 1.39. The molecule has 0 fully saturated rings. The van der Waals surface area contributed by atoms with Crippen LogP contribution in [0.2, 0.25) is 0 Å². The van der Waals surface area contributed by atoms with Gasteiger partial charge >= 0.3 is 5.97 Å². The molecule has 4 aromatic carbocycles. The number of hydrazone groups is 1. The van der Waals surface area contributed by atoms with Crippen LogP contribution in [0.1, 0.15) is 38.0 Å². The molecule has 0 saturated carbocycles. The van der Waals surface area contributed by atoms with Crippen molar-refractivity contribution in [3.63, 3.8) is 0 Å². The molecule has 0 radical (unpaired) electrons. The van der Waals surface area contributed by atoms with Crippen LogP contribution in [-0.2, 0) is 17.8 Å². The summed E-state index contributed by atoms with van der Waals surface area (Å²) in [5.74, 6) is -6.07. The number of hydrogen-bond acceptors (Lipinski definition) is 6. The Kier molecular flexibility index (Phi) is 8.67. The number of carbonyl (C=O) groups is 2. The summed E-state index contributed by atoms with van der Waals surface area (Å²) in [6.07, 6.45) is -0.112. The van der Waals surface area contributed by atoms with E-state index in [0.717, 1.165) is 22.3 Å². The fourth-order valence-corrected chi connectivity index (χ4v) is 5.58. The lowest BCUT2D eigenvalue weighted by atomic mass is 10.1. The van der Waals surface area contributed by atoms with E-state index in [-0.39, 0.29) is 29.6 Å². The van der Waals surface area contributed by atoms with E-state index in [9.17, 15) is 27.2 Å².